The Balaban J connectivity index is 1.98. The zero-order valence-electron chi connectivity index (χ0n) is 22.4. The minimum Gasteiger partial charge on any atom is -0.497 e. The molecular weight excluding hydrogens is 464 g/mol. The van der Waals surface area contributed by atoms with Crippen molar-refractivity contribution in [1.82, 2.24) is 0 Å². The predicted octanol–water partition coefficient (Wildman–Crippen LogP) is 6.64. The Labute approximate surface area is 217 Å². The van der Waals surface area contributed by atoms with Gasteiger partial charge in [-0.1, -0.05) is 46.7 Å². The number of allylic oxidation sites excluding steroid dienone is 4. The highest BCUT2D eigenvalue weighted by Crippen LogP contribution is 2.40. The van der Waals surface area contributed by atoms with Crippen LogP contribution in [-0.2, 0) is 0 Å². The molecule has 0 amide bonds. The largest absolute Gasteiger partial charge is 0.497 e. The summed E-state index contributed by atoms with van der Waals surface area (Å²) in [5.41, 5.74) is 8.66. The molecule has 186 valence electrons. The normalized spacial score (nSPS) is 15.4. The molecule has 0 N–H and O–H groups in total. The molecule has 0 saturated carbocycles. The summed E-state index contributed by atoms with van der Waals surface area (Å²) in [6, 6.07) is 18.7. The second-order valence-electron chi connectivity index (χ2n) is 9.12. The molecule has 1 aliphatic rings. The molecule has 0 fully saturated rings. The fourth-order valence-corrected chi connectivity index (χ4v) is 6.52. The van der Waals surface area contributed by atoms with E-state index in [1.165, 1.54) is 27.1 Å². The smallest absolute Gasteiger partial charge is 0.123 e. The van der Waals surface area contributed by atoms with Crippen molar-refractivity contribution in [2.75, 3.05) is 28.4 Å². The minimum atomic E-state index is 0.441. The van der Waals surface area contributed by atoms with Crippen molar-refractivity contribution < 1.29 is 18.9 Å². The third-order valence-electron chi connectivity index (χ3n) is 7.28. The van der Waals surface area contributed by atoms with Gasteiger partial charge >= 0.3 is 0 Å². The van der Waals surface area contributed by atoms with E-state index in [0.29, 0.717) is 15.4 Å². The first kappa shape index (κ1) is 25.6. The van der Waals surface area contributed by atoms with Gasteiger partial charge in [0.1, 0.15) is 32.5 Å². The summed E-state index contributed by atoms with van der Waals surface area (Å²) in [6.07, 6.45) is 0. The predicted molar refractivity (Wildman–Crippen MR) is 149 cm³/mol. The van der Waals surface area contributed by atoms with Gasteiger partial charge in [0.15, 0.2) is 0 Å². The molecular formula is C31H34O4Si. The van der Waals surface area contributed by atoms with Gasteiger partial charge in [0.05, 0.1) is 28.4 Å². The lowest BCUT2D eigenvalue weighted by Crippen LogP contribution is -2.23. The molecule has 5 heteroatoms. The van der Waals surface area contributed by atoms with E-state index in [1.54, 1.807) is 28.4 Å². The molecule has 3 aromatic rings. The fraction of sp³-hybridized carbons (Fsp3) is 0.290. The highest BCUT2D eigenvalue weighted by Gasteiger charge is 2.26. The van der Waals surface area contributed by atoms with Gasteiger partial charge in [-0.2, -0.15) is 0 Å². The Morgan fingerprint density at radius 1 is 0.639 bits per heavy atom. The van der Waals surface area contributed by atoms with Gasteiger partial charge in [-0.3, -0.25) is 0 Å². The first-order valence-corrected chi connectivity index (χ1v) is 13.1. The summed E-state index contributed by atoms with van der Waals surface area (Å²) in [4.78, 5) is 0. The molecule has 2 radical (unpaired) electrons. The molecule has 0 heterocycles. The van der Waals surface area contributed by atoms with Crippen molar-refractivity contribution >= 4 is 14.7 Å². The quantitative estimate of drug-likeness (QED) is 0.326. The lowest BCUT2D eigenvalue weighted by molar-refractivity contribution is 0.394. The summed E-state index contributed by atoms with van der Waals surface area (Å²) < 4.78 is 22.5. The second-order valence-corrected chi connectivity index (χ2v) is 10.5. The molecule has 0 spiro atoms. The monoisotopic (exact) mass is 498 g/mol. The fourth-order valence-electron chi connectivity index (χ4n) is 4.83. The molecule has 1 unspecified atom stereocenters. The maximum atomic E-state index is 5.64. The summed E-state index contributed by atoms with van der Waals surface area (Å²) >= 11 is 0. The van der Waals surface area contributed by atoms with Crippen LogP contribution in [-0.4, -0.2) is 38.0 Å². The van der Waals surface area contributed by atoms with Crippen molar-refractivity contribution in [3.8, 4) is 45.3 Å². The first-order chi connectivity index (χ1) is 17.3. The van der Waals surface area contributed by atoms with Crippen LogP contribution in [0.4, 0.5) is 0 Å². The van der Waals surface area contributed by atoms with Crippen LogP contribution in [0.15, 0.2) is 76.5 Å². The number of rotatable bonds is 8. The maximum absolute atomic E-state index is 5.64. The van der Waals surface area contributed by atoms with Crippen molar-refractivity contribution in [1.29, 1.82) is 0 Å². The third kappa shape index (κ3) is 4.80. The summed E-state index contributed by atoms with van der Waals surface area (Å²) in [7, 11) is 7.27. The zero-order chi connectivity index (χ0) is 26.0. The van der Waals surface area contributed by atoms with E-state index in [-0.39, 0.29) is 0 Å². The molecule has 1 atom stereocenters. The molecule has 4 nitrogen and oxygen atoms in total. The standard InChI is InChI=1S/C31H34O4Si/c1-18-19(2)21(4)31(20(18)3)36-29-11-9-10-28(22-12-24(32-5)16-25(13-22)33-6)30(29)23-14-26(34-7)17-27(15-23)35-8/h9-17,20H,1-8H3. The van der Waals surface area contributed by atoms with Crippen LogP contribution in [0.5, 0.6) is 23.0 Å². The van der Waals surface area contributed by atoms with Crippen LogP contribution in [0, 0.1) is 5.92 Å². The van der Waals surface area contributed by atoms with Crippen LogP contribution in [0.3, 0.4) is 0 Å². The van der Waals surface area contributed by atoms with Gasteiger partial charge in [-0.15, -0.1) is 0 Å². The summed E-state index contributed by atoms with van der Waals surface area (Å²) in [6.45, 7) is 9.08. The summed E-state index contributed by atoms with van der Waals surface area (Å²) in [5.74, 6) is 3.47. The molecule has 36 heavy (non-hydrogen) atoms. The molecule has 0 aromatic heterocycles. The average Bonchev–Trinajstić information content (AvgIpc) is 3.09. The number of hydrogen-bond acceptors (Lipinski definition) is 4. The van der Waals surface area contributed by atoms with Crippen LogP contribution < -0.4 is 24.1 Å². The number of methoxy groups -OCH3 is 4. The van der Waals surface area contributed by atoms with E-state index in [4.69, 9.17) is 18.9 Å². The van der Waals surface area contributed by atoms with E-state index < -0.39 is 0 Å². The van der Waals surface area contributed by atoms with Crippen LogP contribution in [0.2, 0.25) is 0 Å². The van der Waals surface area contributed by atoms with E-state index >= 15 is 0 Å². The Morgan fingerprint density at radius 2 is 1.14 bits per heavy atom. The number of ether oxygens (including phenoxy) is 4. The van der Waals surface area contributed by atoms with Crippen molar-refractivity contribution in [3.05, 3.63) is 76.5 Å². The highest BCUT2D eigenvalue weighted by molar-refractivity contribution is 6.63. The Kier molecular flexibility index (Phi) is 7.60. The topological polar surface area (TPSA) is 36.9 Å². The van der Waals surface area contributed by atoms with Crippen LogP contribution >= 0.6 is 0 Å². The van der Waals surface area contributed by atoms with Gasteiger partial charge in [0, 0.05) is 12.1 Å². The zero-order valence-corrected chi connectivity index (χ0v) is 23.4. The molecule has 0 aliphatic heterocycles. The van der Waals surface area contributed by atoms with Crippen molar-refractivity contribution in [2.24, 2.45) is 5.92 Å². The van der Waals surface area contributed by atoms with Crippen molar-refractivity contribution in [2.45, 2.75) is 27.7 Å². The van der Waals surface area contributed by atoms with E-state index in [1.807, 2.05) is 12.1 Å². The van der Waals surface area contributed by atoms with Gasteiger partial charge in [0.25, 0.3) is 0 Å². The van der Waals surface area contributed by atoms with Crippen molar-refractivity contribution in [3.63, 3.8) is 0 Å². The van der Waals surface area contributed by atoms with Gasteiger partial charge in [-0.25, -0.2) is 0 Å². The molecule has 0 saturated heterocycles. The minimum absolute atomic E-state index is 0.441. The van der Waals surface area contributed by atoms with Gasteiger partial charge in [-0.05, 0) is 78.8 Å². The SMILES string of the molecule is COc1cc(OC)cc(-c2cccc([Si]C3=C(C)C(C)=C(C)C3C)c2-c2cc(OC)cc(OC)c2)c1. The van der Waals surface area contributed by atoms with Gasteiger partial charge < -0.3 is 18.9 Å². The highest BCUT2D eigenvalue weighted by atomic mass is 28.2. The maximum Gasteiger partial charge on any atom is 0.123 e. The first-order valence-electron chi connectivity index (χ1n) is 12.1. The molecule has 0 bridgehead atoms. The molecule has 3 aromatic carbocycles. The van der Waals surface area contributed by atoms with E-state index in [9.17, 15) is 0 Å². The van der Waals surface area contributed by atoms with Crippen LogP contribution in [0.1, 0.15) is 27.7 Å². The molecule has 4 rings (SSSR count). The lowest BCUT2D eigenvalue weighted by atomic mass is 9.93. The Hall–Kier alpha value is -3.44. The van der Waals surface area contributed by atoms with Crippen LogP contribution in [0.25, 0.3) is 22.3 Å². The van der Waals surface area contributed by atoms with Gasteiger partial charge in [0.2, 0.25) is 0 Å². The van der Waals surface area contributed by atoms with E-state index in [2.05, 4.69) is 70.2 Å². The third-order valence-corrected chi connectivity index (χ3v) is 9.04. The Bertz CT molecular complexity index is 1310. The lowest BCUT2D eigenvalue weighted by Gasteiger charge is -2.20. The Morgan fingerprint density at radius 3 is 1.58 bits per heavy atom. The second kappa shape index (κ2) is 10.7. The molecule has 1 aliphatic carbocycles. The number of hydrogen-bond donors (Lipinski definition) is 0. The van der Waals surface area contributed by atoms with E-state index in [0.717, 1.165) is 45.3 Å². The average molecular weight is 499 g/mol. The summed E-state index contributed by atoms with van der Waals surface area (Å²) in [5, 5.41) is 2.79. The number of benzene rings is 3.